The van der Waals surface area contributed by atoms with E-state index in [1.165, 1.54) is 11.3 Å². The average molecular weight is 422 g/mol. The molecule has 0 radical (unpaired) electrons. The lowest BCUT2D eigenvalue weighted by Crippen LogP contribution is -2.44. The van der Waals surface area contributed by atoms with Gasteiger partial charge in [0.1, 0.15) is 5.01 Å². The molecule has 0 saturated heterocycles. The van der Waals surface area contributed by atoms with Gasteiger partial charge in [-0.2, -0.15) is 0 Å². The number of anilines is 1. The molecule has 152 valence electrons. The number of aromatic nitrogens is 2. The van der Waals surface area contributed by atoms with E-state index in [9.17, 15) is 9.59 Å². The molecule has 5 rings (SSSR count). The van der Waals surface area contributed by atoms with Gasteiger partial charge in [0.05, 0.1) is 12.0 Å². The Hall–Kier alpha value is -3.46. The molecule has 2 atom stereocenters. The van der Waals surface area contributed by atoms with Crippen molar-refractivity contribution in [3.63, 3.8) is 0 Å². The summed E-state index contributed by atoms with van der Waals surface area (Å²) in [6.07, 6.45) is 0. The van der Waals surface area contributed by atoms with Crippen LogP contribution in [0.1, 0.15) is 38.5 Å². The number of carbonyl (C=O) groups excluding carboxylic acids is 2. The van der Waals surface area contributed by atoms with Gasteiger partial charge >= 0.3 is 0 Å². The minimum atomic E-state index is -0.631. The summed E-state index contributed by atoms with van der Waals surface area (Å²) in [4.78, 5) is 28.1. The highest BCUT2D eigenvalue weighted by molar-refractivity contribution is 7.15. The van der Waals surface area contributed by atoms with Gasteiger partial charge in [0.25, 0.3) is 5.91 Å². The molecule has 2 amide bonds. The van der Waals surface area contributed by atoms with Crippen LogP contribution in [-0.4, -0.2) is 40.8 Å². The third-order valence-corrected chi connectivity index (χ3v) is 6.11. The highest BCUT2D eigenvalue weighted by atomic mass is 32.1. The summed E-state index contributed by atoms with van der Waals surface area (Å²) in [7, 11) is 1.71. The lowest BCUT2D eigenvalue weighted by atomic mass is 9.79. The Bertz CT molecular complexity index is 1160. The number of rotatable bonds is 3. The molecule has 0 bridgehead atoms. The van der Waals surface area contributed by atoms with Crippen molar-refractivity contribution >= 4 is 28.3 Å². The van der Waals surface area contributed by atoms with E-state index in [4.69, 9.17) is 9.47 Å². The van der Waals surface area contributed by atoms with Crippen molar-refractivity contribution in [1.82, 2.24) is 15.1 Å². The predicted octanol–water partition coefficient (Wildman–Crippen LogP) is 3.12. The molecule has 2 aromatic carbocycles. The van der Waals surface area contributed by atoms with Crippen molar-refractivity contribution in [1.29, 1.82) is 0 Å². The van der Waals surface area contributed by atoms with Gasteiger partial charge in [0.2, 0.25) is 17.8 Å². The van der Waals surface area contributed by atoms with Crippen molar-refractivity contribution < 1.29 is 19.1 Å². The minimum Gasteiger partial charge on any atom is -0.454 e. The Morgan fingerprint density at radius 1 is 1.17 bits per heavy atom. The molecular formula is C21H18N4O4S. The Kier molecular flexibility index (Phi) is 4.39. The molecule has 8 nitrogen and oxygen atoms in total. The number of hydrogen-bond donors (Lipinski definition) is 1. The number of hydrogen-bond acceptors (Lipinski definition) is 7. The second-order valence-electron chi connectivity index (χ2n) is 7.15. The summed E-state index contributed by atoms with van der Waals surface area (Å²) in [6, 6.07) is 12.2. The van der Waals surface area contributed by atoms with Crippen molar-refractivity contribution in [3.05, 3.63) is 64.2 Å². The highest BCUT2D eigenvalue weighted by Crippen LogP contribution is 2.45. The van der Waals surface area contributed by atoms with Crippen molar-refractivity contribution in [2.75, 3.05) is 19.2 Å². The molecule has 2 aliphatic rings. The lowest BCUT2D eigenvalue weighted by molar-refractivity contribution is -0.119. The molecule has 3 aromatic rings. The van der Waals surface area contributed by atoms with Crippen molar-refractivity contribution in [2.24, 2.45) is 0 Å². The van der Waals surface area contributed by atoms with E-state index in [-0.39, 0.29) is 18.6 Å². The second kappa shape index (κ2) is 7.10. The van der Waals surface area contributed by atoms with Crippen LogP contribution in [0.25, 0.3) is 0 Å². The first kappa shape index (κ1) is 18.6. The van der Waals surface area contributed by atoms with E-state index >= 15 is 0 Å². The van der Waals surface area contributed by atoms with E-state index in [0.717, 1.165) is 10.6 Å². The Morgan fingerprint density at radius 3 is 2.77 bits per heavy atom. The SMILES string of the molecule is Cc1nnc(NC(=O)C2c3ccccc3C(=O)N(C)C2c2ccc3c(c2)OCO3)s1. The summed E-state index contributed by atoms with van der Waals surface area (Å²) in [6.45, 7) is 1.98. The molecule has 2 unspecified atom stereocenters. The number of nitrogens with one attached hydrogen (secondary N) is 1. The molecule has 1 N–H and O–H groups in total. The van der Waals surface area contributed by atoms with Crippen LogP contribution in [0.15, 0.2) is 42.5 Å². The quantitative estimate of drug-likeness (QED) is 0.697. The second-order valence-corrected chi connectivity index (χ2v) is 8.34. The maximum Gasteiger partial charge on any atom is 0.254 e. The van der Waals surface area contributed by atoms with Crippen LogP contribution in [0, 0.1) is 6.92 Å². The Morgan fingerprint density at radius 2 is 1.97 bits per heavy atom. The summed E-state index contributed by atoms with van der Waals surface area (Å²) < 4.78 is 10.9. The fraction of sp³-hybridized carbons (Fsp3) is 0.238. The minimum absolute atomic E-state index is 0.135. The first-order valence-electron chi connectivity index (χ1n) is 9.39. The van der Waals surface area contributed by atoms with Gasteiger partial charge in [-0.25, -0.2) is 0 Å². The summed E-state index contributed by atoms with van der Waals surface area (Å²) >= 11 is 1.30. The largest absolute Gasteiger partial charge is 0.454 e. The monoisotopic (exact) mass is 422 g/mol. The number of ether oxygens (including phenoxy) is 2. The first-order chi connectivity index (χ1) is 14.5. The molecule has 9 heteroatoms. The van der Waals surface area contributed by atoms with Gasteiger partial charge in [-0.05, 0) is 36.2 Å². The van der Waals surface area contributed by atoms with Crippen LogP contribution >= 0.6 is 11.3 Å². The van der Waals surface area contributed by atoms with Gasteiger partial charge in [-0.1, -0.05) is 35.6 Å². The van der Waals surface area contributed by atoms with Crippen LogP contribution in [0.4, 0.5) is 5.13 Å². The standard InChI is InChI=1S/C21H18N4O4S/c1-11-23-24-21(30-11)22-19(26)17-13-5-3-4-6-14(13)20(27)25(2)18(17)12-7-8-15-16(9-12)29-10-28-15/h3-9,17-18H,10H2,1-2H3,(H,22,24,26). The number of amides is 2. The number of nitrogens with zero attached hydrogens (tertiary/aromatic N) is 3. The van der Waals surface area contributed by atoms with Crippen molar-refractivity contribution in [3.8, 4) is 11.5 Å². The van der Waals surface area contributed by atoms with Gasteiger partial charge < -0.3 is 14.4 Å². The topological polar surface area (TPSA) is 93.7 Å². The maximum absolute atomic E-state index is 13.4. The highest BCUT2D eigenvalue weighted by Gasteiger charge is 2.43. The zero-order valence-electron chi connectivity index (χ0n) is 16.3. The fourth-order valence-corrected chi connectivity index (χ4v) is 4.60. The van der Waals surface area contributed by atoms with Crippen LogP contribution in [0.3, 0.4) is 0 Å². The zero-order valence-corrected chi connectivity index (χ0v) is 17.1. The molecule has 2 aliphatic heterocycles. The van der Waals surface area contributed by atoms with Crippen LogP contribution < -0.4 is 14.8 Å². The van der Waals surface area contributed by atoms with Gasteiger partial charge in [0, 0.05) is 12.6 Å². The zero-order chi connectivity index (χ0) is 20.8. The molecule has 0 aliphatic carbocycles. The summed E-state index contributed by atoms with van der Waals surface area (Å²) in [5.41, 5.74) is 1.99. The molecule has 1 aromatic heterocycles. The number of aryl methyl sites for hydroxylation is 1. The normalized spacial score (nSPS) is 19.5. The van der Waals surface area contributed by atoms with Crippen LogP contribution in [0.5, 0.6) is 11.5 Å². The lowest BCUT2D eigenvalue weighted by Gasteiger charge is -2.39. The van der Waals surface area contributed by atoms with Crippen molar-refractivity contribution in [2.45, 2.75) is 18.9 Å². The smallest absolute Gasteiger partial charge is 0.254 e. The Labute approximate surface area is 176 Å². The third-order valence-electron chi connectivity index (χ3n) is 5.36. The van der Waals surface area contributed by atoms with Crippen LogP contribution in [0.2, 0.25) is 0 Å². The summed E-state index contributed by atoms with van der Waals surface area (Å²) in [5, 5.41) is 12.0. The average Bonchev–Trinajstić information content (AvgIpc) is 3.38. The molecule has 0 saturated carbocycles. The predicted molar refractivity (Wildman–Crippen MR) is 110 cm³/mol. The summed E-state index contributed by atoms with van der Waals surface area (Å²) in [5.74, 6) is 0.235. The fourth-order valence-electron chi connectivity index (χ4n) is 4.00. The van der Waals surface area contributed by atoms with E-state index in [1.54, 1.807) is 30.1 Å². The van der Waals surface area contributed by atoms with E-state index in [2.05, 4.69) is 15.5 Å². The Balaban J connectivity index is 1.61. The molecule has 3 heterocycles. The van der Waals surface area contributed by atoms with Crippen LogP contribution in [-0.2, 0) is 4.79 Å². The number of likely N-dealkylation sites (N-methyl/N-ethyl adjacent to an activating group) is 1. The maximum atomic E-state index is 13.4. The number of benzene rings is 2. The number of carbonyl (C=O) groups is 2. The molecule has 30 heavy (non-hydrogen) atoms. The van der Waals surface area contributed by atoms with E-state index in [0.29, 0.717) is 27.8 Å². The number of fused-ring (bicyclic) bond motifs is 2. The van der Waals surface area contributed by atoms with E-state index < -0.39 is 12.0 Å². The van der Waals surface area contributed by atoms with Gasteiger partial charge in [-0.3, -0.25) is 14.9 Å². The van der Waals surface area contributed by atoms with Gasteiger partial charge in [0.15, 0.2) is 11.5 Å². The van der Waals surface area contributed by atoms with E-state index in [1.807, 2.05) is 31.2 Å². The first-order valence-corrected chi connectivity index (χ1v) is 10.2. The molecule has 0 spiro atoms. The molecule has 0 fully saturated rings. The molecular weight excluding hydrogens is 404 g/mol. The third kappa shape index (κ3) is 2.98. The van der Waals surface area contributed by atoms with Gasteiger partial charge in [-0.15, -0.1) is 10.2 Å².